The molecular formula is C12H18N2O2. The Balaban J connectivity index is 2.53. The summed E-state index contributed by atoms with van der Waals surface area (Å²) >= 11 is 0. The molecule has 0 radical (unpaired) electrons. The summed E-state index contributed by atoms with van der Waals surface area (Å²) in [4.78, 5) is 14.6. The molecule has 1 aliphatic heterocycles. The predicted molar refractivity (Wildman–Crippen MR) is 61.5 cm³/mol. The fourth-order valence-corrected chi connectivity index (χ4v) is 1.68. The van der Waals surface area contributed by atoms with Gasteiger partial charge in [0.1, 0.15) is 0 Å². The van der Waals surface area contributed by atoms with E-state index in [0.29, 0.717) is 18.7 Å². The van der Waals surface area contributed by atoms with Crippen LogP contribution in [0.3, 0.4) is 0 Å². The molecule has 0 atom stereocenters. The van der Waals surface area contributed by atoms with Crippen molar-refractivity contribution in [3.63, 3.8) is 0 Å². The predicted octanol–water partition coefficient (Wildman–Crippen LogP) is 3.22. The summed E-state index contributed by atoms with van der Waals surface area (Å²) in [5.74, 6) is 0. The molecule has 0 aromatic heterocycles. The summed E-state index contributed by atoms with van der Waals surface area (Å²) in [6.07, 6.45) is 5.42. The quantitative estimate of drug-likeness (QED) is 0.573. The highest BCUT2D eigenvalue weighted by atomic mass is 16.5. The number of unbranched alkanes of at least 4 members (excludes halogenated alkanes) is 3. The van der Waals surface area contributed by atoms with E-state index in [1.54, 1.807) is 0 Å². The average Bonchev–Trinajstić information content (AvgIpc) is 2.46. The number of allylic oxidation sites excluding steroid dienone is 1. The van der Waals surface area contributed by atoms with Gasteiger partial charge in [0.2, 0.25) is 0 Å². The maximum absolute atomic E-state index is 11.2. The van der Waals surface area contributed by atoms with Crippen molar-refractivity contribution in [2.75, 3.05) is 6.61 Å². The van der Waals surface area contributed by atoms with Crippen molar-refractivity contribution in [3.8, 4) is 0 Å². The van der Waals surface area contributed by atoms with Gasteiger partial charge >= 0.3 is 6.09 Å². The van der Waals surface area contributed by atoms with E-state index >= 15 is 0 Å². The molecule has 0 saturated carbocycles. The first-order valence-electron chi connectivity index (χ1n) is 5.81. The van der Waals surface area contributed by atoms with E-state index in [0.717, 1.165) is 25.0 Å². The number of nitrogens with one attached hydrogen (secondary N) is 1. The van der Waals surface area contributed by atoms with Gasteiger partial charge in [0.05, 0.1) is 13.2 Å². The van der Waals surface area contributed by atoms with Gasteiger partial charge in [-0.25, -0.2) is 9.64 Å². The van der Waals surface area contributed by atoms with Crippen LogP contribution in [-0.2, 0) is 4.74 Å². The Bertz CT molecular complexity index is 315. The Morgan fingerprint density at radius 1 is 1.44 bits per heavy atom. The molecule has 0 unspecified atom stereocenters. The smallest absolute Gasteiger partial charge is 0.410 e. The summed E-state index contributed by atoms with van der Waals surface area (Å²) in [6, 6.07) is 0. The maximum atomic E-state index is 11.2. The Labute approximate surface area is 96.5 Å². The van der Waals surface area contributed by atoms with Crippen LogP contribution in [0.15, 0.2) is 11.4 Å². The fourth-order valence-electron chi connectivity index (χ4n) is 1.68. The number of hydrogen-bond acceptors (Lipinski definition) is 2. The number of nitrogens with zero attached hydrogens (tertiary/aromatic N) is 1. The third kappa shape index (κ3) is 3.93. The second-order valence-corrected chi connectivity index (χ2v) is 3.86. The topological polar surface area (TPSA) is 42.7 Å². The molecule has 0 saturated heterocycles. The molecule has 0 spiro atoms. The zero-order valence-electron chi connectivity index (χ0n) is 9.71. The van der Waals surface area contributed by atoms with Crippen LogP contribution >= 0.6 is 0 Å². The minimum absolute atomic E-state index is 0.308. The van der Waals surface area contributed by atoms with Gasteiger partial charge < -0.3 is 10.1 Å². The number of carbonyl (C=O) groups is 1. The van der Waals surface area contributed by atoms with Gasteiger partial charge in [0.25, 0.3) is 0 Å². The van der Waals surface area contributed by atoms with Crippen molar-refractivity contribution in [3.05, 3.63) is 22.8 Å². The molecule has 88 valence electrons. The Hall–Kier alpha value is -1.50. The highest BCUT2D eigenvalue weighted by Crippen LogP contribution is 2.18. The number of ether oxygens (including phenoxy) is 1. The first kappa shape index (κ1) is 12.6. The first-order chi connectivity index (χ1) is 7.77. The Morgan fingerprint density at radius 2 is 2.25 bits per heavy atom. The van der Waals surface area contributed by atoms with Gasteiger partial charge in [-0.1, -0.05) is 26.2 Å². The largest absolute Gasteiger partial charge is 0.450 e. The van der Waals surface area contributed by atoms with E-state index in [9.17, 15) is 4.79 Å². The molecule has 1 amide bonds. The van der Waals surface area contributed by atoms with Crippen LogP contribution in [0.25, 0.3) is 4.85 Å². The van der Waals surface area contributed by atoms with Crippen LogP contribution < -0.4 is 5.32 Å². The van der Waals surface area contributed by atoms with Crippen LogP contribution in [-0.4, -0.2) is 12.7 Å². The lowest BCUT2D eigenvalue weighted by atomic mass is 10.1. The highest BCUT2D eigenvalue weighted by Gasteiger charge is 2.16. The second-order valence-electron chi connectivity index (χ2n) is 3.86. The zero-order valence-corrected chi connectivity index (χ0v) is 9.71. The number of hydrogen-bond donors (Lipinski definition) is 1. The third-order valence-electron chi connectivity index (χ3n) is 2.59. The molecule has 1 heterocycles. The lowest BCUT2D eigenvalue weighted by Crippen LogP contribution is -2.22. The summed E-state index contributed by atoms with van der Waals surface area (Å²) in [5, 5.41) is 2.66. The molecule has 1 N–H and O–H groups in total. The van der Waals surface area contributed by atoms with Crippen molar-refractivity contribution in [2.45, 2.75) is 45.4 Å². The van der Waals surface area contributed by atoms with E-state index in [-0.39, 0.29) is 0 Å². The average molecular weight is 222 g/mol. The number of alkyl carbamates (subject to hydrolysis) is 1. The minimum atomic E-state index is -0.427. The van der Waals surface area contributed by atoms with Crippen molar-refractivity contribution in [2.24, 2.45) is 0 Å². The first-order valence-corrected chi connectivity index (χ1v) is 5.81. The van der Waals surface area contributed by atoms with Gasteiger partial charge in [-0.05, 0) is 12.8 Å². The fraction of sp³-hybridized carbons (Fsp3) is 0.667. The van der Waals surface area contributed by atoms with Crippen LogP contribution in [0.4, 0.5) is 4.79 Å². The lowest BCUT2D eigenvalue weighted by Gasteiger charge is -2.07. The SMILES string of the molecule is [C-]#[N+]C1=C(CCCCCC)NC(=O)OCC1. The minimum Gasteiger partial charge on any atom is -0.450 e. The number of amides is 1. The molecular weight excluding hydrogens is 204 g/mol. The molecule has 0 aromatic carbocycles. The Kier molecular flexibility index (Phi) is 5.41. The standard InChI is InChI=1S/C12H18N2O2/c1-3-4-5-6-7-11-10(13-2)8-9-16-12(15)14-11/h3-9H2,1H3,(H,14,15). The van der Waals surface area contributed by atoms with Crippen LogP contribution in [0.5, 0.6) is 0 Å². The molecule has 0 fully saturated rings. The molecule has 16 heavy (non-hydrogen) atoms. The van der Waals surface area contributed by atoms with Crippen LogP contribution in [0.2, 0.25) is 0 Å². The van der Waals surface area contributed by atoms with Crippen LogP contribution in [0.1, 0.15) is 45.4 Å². The molecule has 0 aromatic rings. The zero-order chi connectivity index (χ0) is 11.8. The van der Waals surface area contributed by atoms with Gasteiger partial charge in [-0.15, -0.1) is 0 Å². The molecule has 0 aliphatic carbocycles. The summed E-state index contributed by atoms with van der Waals surface area (Å²) in [6.45, 7) is 9.53. The normalized spacial score (nSPS) is 16.1. The van der Waals surface area contributed by atoms with Crippen molar-refractivity contribution >= 4 is 6.09 Å². The molecule has 1 rings (SSSR count). The second kappa shape index (κ2) is 6.89. The molecule has 0 bridgehead atoms. The van der Waals surface area contributed by atoms with Crippen LogP contribution in [0, 0.1) is 6.57 Å². The third-order valence-corrected chi connectivity index (χ3v) is 2.59. The highest BCUT2D eigenvalue weighted by molar-refractivity contribution is 5.70. The van der Waals surface area contributed by atoms with Gasteiger partial charge in [-0.3, -0.25) is 0 Å². The van der Waals surface area contributed by atoms with E-state index in [1.807, 2.05) is 0 Å². The van der Waals surface area contributed by atoms with E-state index in [1.165, 1.54) is 12.8 Å². The van der Waals surface area contributed by atoms with E-state index < -0.39 is 6.09 Å². The summed E-state index contributed by atoms with van der Waals surface area (Å²) < 4.78 is 4.86. The summed E-state index contributed by atoms with van der Waals surface area (Å²) in [5.41, 5.74) is 1.40. The lowest BCUT2D eigenvalue weighted by molar-refractivity contribution is 0.153. The van der Waals surface area contributed by atoms with Gasteiger partial charge in [-0.2, -0.15) is 0 Å². The number of carbonyl (C=O) groups excluding carboxylic acids is 1. The monoisotopic (exact) mass is 222 g/mol. The van der Waals surface area contributed by atoms with Gasteiger partial charge in [0, 0.05) is 12.1 Å². The van der Waals surface area contributed by atoms with Crippen molar-refractivity contribution in [1.82, 2.24) is 5.32 Å². The maximum Gasteiger partial charge on any atom is 0.410 e. The molecule has 1 aliphatic rings. The molecule has 4 nitrogen and oxygen atoms in total. The number of cyclic esters (lactones) is 1. The molecule has 4 heteroatoms. The summed E-state index contributed by atoms with van der Waals surface area (Å²) in [7, 11) is 0. The Morgan fingerprint density at radius 3 is 2.94 bits per heavy atom. The number of rotatable bonds is 5. The van der Waals surface area contributed by atoms with Gasteiger partial charge in [0.15, 0.2) is 5.70 Å². The van der Waals surface area contributed by atoms with Crippen molar-refractivity contribution in [1.29, 1.82) is 0 Å². The van der Waals surface area contributed by atoms with E-state index in [4.69, 9.17) is 11.3 Å². The van der Waals surface area contributed by atoms with E-state index in [2.05, 4.69) is 17.1 Å². The van der Waals surface area contributed by atoms with Crippen molar-refractivity contribution < 1.29 is 9.53 Å².